The lowest BCUT2D eigenvalue weighted by Gasteiger charge is -2.36. The molecule has 0 saturated carbocycles. The molecule has 29 heavy (non-hydrogen) atoms. The summed E-state index contributed by atoms with van der Waals surface area (Å²) in [6, 6.07) is 6.29. The first-order valence-corrected chi connectivity index (χ1v) is 10.2. The molecule has 3 heterocycles. The Morgan fingerprint density at radius 1 is 1.10 bits per heavy atom. The first-order chi connectivity index (χ1) is 14.1. The molecule has 2 aromatic rings. The fourth-order valence-electron chi connectivity index (χ4n) is 3.95. The van der Waals surface area contributed by atoms with Crippen molar-refractivity contribution in [2.24, 2.45) is 0 Å². The van der Waals surface area contributed by atoms with Crippen molar-refractivity contribution in [2.75, 3.05) is 61.4 Å². The molecule has 0 radical (unpaired) electrons. The number of carbonyl (C=O) groups excluding carboxylic acids is 1. The molecule has 152 valence electrons. The van der Waals surface area contributed by atoms with Crippen LogP contribution in [-0.2, 0) is 0 Å². The zero-order valence-electron chi connectivity index (χ0n) is 16.8. The van der Waals surface area contributed by atoms with Gasteiger partial charge in [-0.1, -0.05) is 6.57 Å². The van der Waals surface area contributed by atoms with Crippen LogP contribution in [0.4, 0.5) is 22.9 Å². The molecule has 0 aliphatic carbocycles. The molecule has 0 unspecified atom stereocenters. The predicted octanol–water partition coefficient (Wildman–Crippen LogP) is 2.95. The topological polar surface area (TPSA) is 71.9 Å². The van der Waals surface area contributed by atoms with Crippen LogP contribution in [0.5, 0.6) is 0 Å². The minimum absolute atomic E-state index is 0.156. The Labute approximate surface area is 171 Å². The maximum absolute atomic E-state index is 12.7. The lowest BCUT2D eigenvalue weighted by atomic mass is 10.1. The van der Waals surface area contributed by atoms with Crippen molar-refractivity contribution in [1.82, 2.24) is 14.9 Å². The number of nitrogens with one attached hydrogen (secondary N) is 2. The molecule has 0 atom stereocenters. The number of imidazole rings is 1. The Hall–Kier alpha value is -3.05. The fourth-order valence-corrected chi connectivity index (χ4v) is 3.95. The summed E-state index contributed by atoms with van der Waals surface area (Å²) >= 11 is 0. The fraction of sp³-hybridized carbons (Fsp3) is 0.476. The normalized spacial score (nSPS) is 17.8. The van der Waals surface area contributed by atoms with E-state index >= 15 is 0 Å². The number of carbonyl (C=O) groups is 1. The van der Waals surface area contributed by atoms with Gasteiger partial charge in [-0.3, -0.25) is 9.78 Å². The van der Waals surface area contributed by atoms with E-state index in [0.717, 1.165) is 50.6 Å². The molecule has 1 amide bonds. The highest BCUT2D eigenvalue weighted by molar-refractivity contribution is 6.04. The number of likely N-dealkylation sites (N-methyl/N-ethyl adjacent to an activating group) is 1. The molecule has 2 fully saturated rings. The number of rotatable bonds is 4. The van der Waals surface area contributed by atoms with E-state index in [4.69, 9.17) is 6.57 Å². The molecule has 1 aromatic heterocycles. The molecular formula is C21H27N7O. The number of piperazine rings is 1. The zero-order valence-corrected chi connectivity index (χ0v) is 16.8. The number of aromatic amines is 1. The number of piperidine rings is 1. The Morgan fingerprint density at radius 2 is 1.86 bits per heavy atom. The molecule has 0 spiro atoms. The van der Waals surface area contributed by atoms with E-state index in [1.54, 1.807) is 0 Å². The van der Waals surface area contributed by atoms with E-state index < -0.39 is 0 Å². The summed E-state index contributed by atoms with van der Waals surface area (Å²) in [6.07, 6.45) is 4.96. The summed E-state index contributed by atoms with van der Waals surface area (Å²) in [4.78, 5) is 29.8. The molecule has 0 bridgehead atoms. The van der Waals surface area contributed by atoms with Crippen molar-refractivity contribution in [3.8, 4) is 0 Å². The molecule has 8 heteroatoms. The smallest absolute Gasteiger partial charge is 0.314 e. The molecule has 2 N–H and O–H groups in total. The number of benzene rings is 1. The summed E-state index contributed by atoms with van der Waals surface area (Å²) in [5, 5.41) is 2.99. The predicted molar refractivity (Wildman–Crippen MR) is 115 cm³/mol. The van der Waals surface area contributed by atoms with E-state index in [-0.39, 0.29) is 17.5 Å². The van der Waals surface area contributed by atoms with Gasteiger partial charge in [0.05, 0.1) is 17.6 Å². The van der Waals surface area contributed by atoms with E-state index in [1.807, 2.05) is 6.07 Å². The number of hydrogen-bond donors (Lipinski definition) is 2. The van der Waals surface area contributed by atoms with Crippen LogP contribution >= 0.6 is 0 Å². The Bertz CT molecular complexity index is 902. The maximum Gasteiger partial charge on any atom is 0.314 e. The van der Waals surface area contributed by atoms with Crippen molar-refractivity contribution >= 4 is 28.8 Å². The van der Waals surface area contributed by atoms with Gasteiger partial charge in [-0.25, -0.2) is 4.98 Å². The van der Waals surface area contributed by atoms with Gasteiger partial charge in [0, 0.05) is 45.0 Å². The van der Waals surface area contributed by atoms with Crippen LogP contribution < -0.4 is 15.1 Å². The average Bonchev–Trinajstić information content (AvgIpc) is 3.25. The highest BCUT2D eigenvalue weighted by Crippen LogP contribution is 2.33. The van der Waals surface area contributed by atoms with Crippen molar-refractivity contribution in [3.63, 3.8) is 0 Å². The van der Waals surface area contributed by atoms with E-state index in [0.29, 0.717) is 0 Å². The molecule has 4 rings (SSSR count). The minimum Gasteiger partial charge on any atom is -0.370 e. The van der Waals surface area contributed by atoms with Gasteiger partial charge in [-0.2, -0.15) is 0 Å². The Balaban J connectivity index is 1.59. The molecule has 2 saturated heterocycles. The highest BCUT2D eigenvalue weighted by Gasteiger charge is 2.21. The second-order valence-electron chi connectivity index (χ2n) is 7.72. The maximum atomic E-state index is 12.7. The zero-order chi connectivity index (χ0) is 20.2. The van der Waals surface area contributed by atoms with Crippen LogP contribution in [0.15, 0.2) is 24.4 Å². The second kappa shape index (κ2) is 8.53. The van der Waals surface area contributed by atoms with Crippen molar-refractivity contribution in [1.29, 1.82) is 0 Å². The molecule has 2 aliphatic heterocycles. The first-order valence-electron chi connectivity index (χ1n) is 10.2. The van der Waals surface area contributed by atoms with E-state index in [2.05, 4.69) is 54.0 Å². The number of H-pyrrole nitrogens is 1. The van der Waals surface area contributed by atoms with Crippen molar-refractivity contribution in [3.05, 3.63) is 41.6 Å². The lowest BCUT2D eigenvalue weighted by molar-refractivity contribution is 0.101. The molecule has 8 nitrogen and oxygen atoms in total. The van der Waals surface area contributed by atoms with Crippen molar-refractivity contribution in [2.45, 2.75) is 19.3 Å². The van der Waals surface area contributed by atoms with Crippen molar-refractivity contribution < 1.29 is 4.79 Å². The van der Waals surface area contributed by atoms with Gasteiger partial charge in [0.2, 0.25) is 5.82 Å². The number of anilines is 3. The second-order valence-corrected chi connectivity index (χ2v) is 7.72. The molecule has 1 aromatic carbocycles. The van der Waals surface area contributed by atoms with Crippen LogP contribution in [0.3, 0.4) is 0 Å². The van der Waals surface area contributed by atoms with Crippen LogP contribution in [0.2, 0.25) is 0 Å². The van der Waals surface area contributed by atoms with Gasteiger partial charge in [0.25, 0.3) is 5.82 Å². The molecular weight excluding hydrogens is 366 g/mol. The summed E-state index contributed by atoms with van der Waals surface area (Å²) < 4.78 is 0. The molecule has 2 aliphatic rings. The van der Waals surface area contributed by atoms with Crippen LogP contribution in [-0.4, -0.2) is 67.1 Å². The third kappa shape index (κ3) is 4.35. The van der Waals surface area contributed by atoms with Gasteiger partial charge in [-0.05, 0) is 44.5 Å². The Morgan fingerprint density at radius 3 is 2.55 bits per heavy atom. The van der Waals surface area contributed by atoms with Gasteiger partial charge < -0.3 is 24.9 Å². The summed E-state index contributed by atoms with van der Waals surface area (Å²) in [5.74, 6) is 0.0889. The Kier molecular flexibility index (Phi) is 5.67. The third-order valence-electron chi connectivity index (χ3n) is 5.69. The quantitative estimate of drug-likeness (QED) is 0.782. The monoisotopic (exact) mass is 393 g/mol. The largest absolute Gasteiger partial charge is 0.370 e. The number of nitrogens with zero attached hydrogens (tertiary/aromatic N) is 5. The number of aromatic nitrogens is 2. The van der Waals surface area contributed by atoms with Gasteiger partial charge in [-0.15, -0.1) is 0 Å². The van der Waals surface area contributed by atoms with Gasteiger partial charge in [0.1, 0.15) is 0 Å². The minimum atomic E-state index is -0.328. The number of amides is 1. The van der Waals surface area contributed by atoms with Gasteiger partial charge in [0.15, 0.2) is 0 Å². The standard InChI is InChI=1S/C21H27N7O/c1-22-19-15-23-20(25-19)21(29)24-17-7-6-16(27-12-10-26(2)11-13-27)14-18(17)28-8-4-3-5-9-28/h6-7,14-15H,3-5,8-13H2,2H3,(H,23,25)(H,24,29). The summed E-state index contributed by atoms with van der Waals surface area (Å²) in [5.41, 5.74) is 3.05. The number of hydrogen-bond acceptors (Lipinski definition) is 5. The van der Waals surface area contributed by atoms with Crippen LogP contribution in [0, 0.1) is 6.57 Å². The van der Waals surface area contributed by atoms with E-state index in [9.17, 15) is 4.79 Å². The average molecular weight is 393 g/mol. The van der Waals surface area contributed by atoms with Crippen LogP contribution in [0.25, 0.3) is 4.85 Å². The van der Waals surface area contributed by atoms with Crippen LogP contribution in [0.1, 0.15) is 29.9 Å². The summed E-state index contributed by atoms with van der Waals surface area (Å²) in [7, 11) is 2.16. The third-order valence-corrected chi connectivity index (χ3v) is 5.69. The highest BCUT2D eigenvalue weighted by atomic mass is 16.2. The lowest BCUT2D eigenvalue weighted by Crippen LogP contribution is -2.44. The first kappa shape index (κ1) is 19.3. The summed E-state index contributed by atoms with van der Waals surface area (Å²) in [6.45, 7) is 13.1. The SMILES string of the molecule is [C-]#[N+]c1cnc(C(=O)Nc2ccc(N3CCN(C)CC3)cc2N2CCCCC2)[nH]1. The van der Waals surface area contributed by atoms with Gasteiger partial charge >= 0.3 is 5.91 Å². The van der Waals surface area contributed by atoms with E-state index in [1.165, 1.54) is 31.1 Å².